The standard InChI is InChI=1S/C26H22N4O4/c1-2-25(33)34-22-13-5-18(6-14-22)16-24-28-23(15-17-3-9-20(31)10-4-17)29-26(30-24)27-19-7-11-21(32)12-8-19/h2-14,31-32H,1,15-16H2,(H,27,28,29,30). The van der Waals surface area contributed by atoms with Gasteiger partial charge in [0.15, 0.2) is 0 Å². The van der Waals surface area contributed by atoms with Crippen molar-refractivity contribution in [3.05, 3.63) is 108 Å². The third kappa shape index (κ3) is 6.17. The van der Waals surface area contributed by atoms with Crippen molar-refractivity contribution in [2.24, 2.45) is 0 Å². The lowest BCUT2D eigenvalue weighted by atomic mass is 10.1. The number of rotatable bonds is 8. The number of aromatic hydroxyl groups is 2. The van der Waals surface area contributed by atoms with Crippen molar-refractivity contribution >= 4 is 17.6 Å². The quantitative estimate of drug-likeness (QED) is 0.156. The van der Waals surface area contributed by atoms with E-state index < -0.39 is 5.97 Å². The summed E-state index contributed by atoms with van der Waals surface area (Å²) in [4.78, 5) is 25.1. The third-order valence-electron chi connectivity index (χ3n) is 4.82. The van der Waals surface area contributed by atoms with Gasteiger partial charge in [0.1, 0.15) is 28.9 Å². The van der Waals surface area contributed by atoms with E-state index >= 15 is 0 Å². The summed E-state index contributed by atoms with van der Waals surface area (Å²) in [6.45, 7) is 3.39. The van der Waals surface area contributed by atoms with Crippen molar-refractivity contribution < 1.29 is 19.7 Å². The summed E-state index contributed by atoms with van der Waals surface area (Å²) in [5, 5.41) is 22.2. The minimum absolute atomic E-state index is 0.164. The predicted octanol–water partition coefficient (Wildman–Crippen LogP) is 4.30. The Labute approximate surface area is 196 Å². The summed E-state index contributed by atoms with van der Waals surface area (Å²) in [7, 11) is 0. The van der Waals surface area contributed by atoms with Gasteiger partial charge in [0.25, 0.3) is 0 Å². The lowest BCUT2D eigenvalue weighted by Crippen LogP contribution is -2.09. The molecule has 0 spiro atoms. The number of anilines is 2. The minimum atomic E-state index is -0.519. The van der Waals surface area contributed by atoms with Gasteiger partial charge in [-0.05, 0) is 59.7 Å². The normalized spacial score (nSPS) is 10.5. The van der Waals surface area contributed by atoms with E-state index in [1.807, 2.05) is 24.3 Å². The molecule has 34 heavy (non-hydrogen) atoms. The Bertz CT molecular complexity index is 1220. The van der Waals surface area contributed by atoms with Crippen LogP contribution in [-0.4, -0.2) is 31.1 Å². The zero-order chi connectivity index (χ0) is 23.9. The molecule has 0 bridgehead atoms. The number of carbonyl (C=O) groups excluding carboxylic acids is 1. The van der Waals surface area contributed by atoms with Crippen molar-refractivity contribution in [3.63, 3.8) is 0 Å². The average molecular weight is 454 g/mol. The summed E-state index contributed by atoms with van der Waals surface area (Å²) < 4.78 is 5.11. The molecule has 0 aliphatic heterocycles. The van der Waals surface area contributed by atoms with Crippen LogP contribution in [0.1, 0.15) is 22.8 Å². The topological polar surface area (TPSA) is 117 Å². The maximum absolute atomic E-state index is 11.4. The molecule has 3 aromatic carbocycles. The highest BCUT2D eigenvalue weighted by Gasteiger charge is 2.10. The Morgan fingerprint density at radius 3 is 1.82 bits per heavy atom. The molecule has 0 atom stereocenters. The maximum atomic E-state index is 11.4. The Kier molecular flexibility index (Phi) is 6.78. The number of ether oxygens (including phenoxy) is 1. The van der Waals surface area contributed by atoms with Gasteiger partial charge in [-0.1, -0.05) is 30.8 Å². The van der Waals surface area contributed by atoms with Crippen LogP contribution in [0.2, 0.25) is 0 Å². The molecule has 1 aromatic heterocycles. The number of phenols is 2. The van der Waals surface area contributed by atoms with E-state index in [-0.39, 0.29) is 11.5 Å². The van der Waals surface area contributed by atoms with Crippen LogP contribution in [0.15, 0.2) is 85.5 Å². The van der Waals surface area contributed by atoms with Gasteiger partial charge in [0.05, 0.1) is 0 Å². The van der Waals surface area contributed by atoms with Crippen LogP contribution in [-0.2, 0) is 17.6 Å². The van der Waals surface area contributed by atoms with Crippen LogP contribution in [0.4, 0.5) is 11.6 Å². The van der Waals surface area contributed by atoms with Gasteiger partial charge in [-0.15, -0.1) is 0 Å². The first-order chi connectivity index (χ1) is 16.5. The highest BCUT2D eigenvalue weighted by molar-refractivity contribution is 5.83. The zero-order valence-electron chi connectivity index (χ0n) is 18.2. The molecule has 8 heteroatoms. The van der Waals surface area contributed by atoms with Gasteiger partial charge < -0.3 is 20.3 Å². The van der Waals surface area contributed by atoms with Crippen LogP contribution < -0.4 is 10.1 Å². The highest BCUT2D eigenvalue weighted by atomic mass is 16.5. The van der Waals surface area contributed by atoms with E-state index in [2.05, 4.69) is 26.8 Å². The van der Waals surface area contributed by atoms with Crippen molar-refractivity contribution in [2.75, 3.05) is 5.32 Å². The summed E-state index contributed by atoms with van der Waals surface area (Å²) in [6, 6.07) is 20.5. The van der Waals surface area contributed by atoms with Crippen LogP contribution in [0.25, 0.3) is 0 Å². The van der Waals surface area contributed by atoms with Crippen LogP contribution in [0.3, 0.4) is 0 Å². The van der Waals surface area contributed by atoms with Crippen molar-refractivity contribution in [1.82, 2.24) is 15.0 Å². The van der Waals surface area contributed by atoms with Gasteiger partial charge in [0, 0.05) is 24.6 Å². The molecule has 0 amide bonds. The van der Waals surface area contributed by atoms with E-state index in [9.17, 15) is 15.0 Å². The molecular weight excluding hydrogens is 432 g/mol. The van der Waals surface area contributed by atoms with Gasteiger partial charge in [-0.25, -0.2) is 9.78 Å². The number of phenolic OH excluding ortho intramolecular Hbond substituents is 2. The first-order valence-electron chi connectivity index (χ1n) is 10.5. The van der Waals surface area contributed by atoms with E-state index in [1.54, 1.807) is 48.5 Å². The number of benzene rings is 3. The van der Waals surface area contributed by atoms with E-state index in [1.165, 1.54) is 0 Å². The number of aromatic nitrogens is 3. The van der Waals surface area contributed by atoms with Crippen molar-refractivity contribution in [2.45, 2.75) is 12.8 Å². The van der Waals surface area contributed by atoms with E-state index in [0.29, 0.717) is 36.2 Å². The lowest BCUT2D eigenvalue weighted by molar-refractivity contribution is -0.128. The second kappa shape index (κ2) is 10.3. The molecule has 4 aromatic rings. The molecule has 0 aliphatic carbocycles. The molecule has 8 nitrogen and oxygen atoms in total. The number of hydrogen-bond acceptors (Lipinski definition) is 8. The van der Waals surface area contributed by atoms with Gasteiger partial charge in [-0.3, -0.25) is 0 Å². The fraction of sp³-hybridized carbons (Fsp3) is 0.0769. The Hall–Kier alpha value is -4.72. The predicted molar refractivity (Wildman–Crippen MR) is 127 cm³/mol. The first-order valence-corrected chi connectivity index (χ1v) is 10.5. The highest BCUT2D eigenvalue weighted by Crippen LogP contribution is 2.20. The molecule has 0 radical (unpaired) electrons. The van der Waals surface area contributed by atoms with Gasteiger partial charge in [0.2, 0.25) is 5.95 Å². The number of nitrogens with zero attached hydrogens (tertiary/aromatic N) is 3. The van der Waals surface area contributed by atoms with Crippen molar-refractivity contribution in [3.8, 4) is 17.2 Å². The Morgan fingerprint density at radius 2 is 1.29 bits per heavy atom. The fourth-order valence-electron chi connectivity index (χ4n) is 3.17. The number of hydrogen-bond donors (Lipinski definition) is 3. The van der Waals surface area contributed by atoms with E-state index in [0.717, 1.165) is 22.9 Å². The summed E-state index contributed by atoms with van der Waals surface area (Å²) >= 11 is 0. The molecule has 0 fully saturated rings. The second-order valence-corrected chi connectivity index (χ2v) is 7.45. The van der Waals surface area contributed by atoms with Gasteiger partial charge >= 0.3 is 5.97 Å². The maximum Gasteiger partial charge on any atom is 0.335 e. The molecule has 3 N–H and O–H groups in total. The zero-order valence-corrected chi connectivity index (χ0v) is 18.2. The first kappa shape index (κ1) is 22.5. The molecule has 0 saturated carbocycles. The summed E-state index contributed by atoms with van der Waals surface area (Å²) in [5.41, 5.74) is 2.59. The number of nitrogens with one attached hydrogen (secondary N) is 1. The Morgan fingerprint density at radius 1 is 0.794 bits per heavy atom. The molecule has 0 unspecified atom stereocenters. The molecule has 0 saturated heterocycles. The molecular formula is C26H22N4O4. The monoisotopic (exact) mass is 454 g/mol. The minimum Gasteiger partial charge on any atom is -0.508 e. The average Bonchev–Trinajstić information content (AvgIpc) is 2.83. The fourth-order valence-corrected chi connectivity index (χ4v) is 3.17. The molecule has 0 aliphatic rings. The second-order valence-electron chi connectivity index (χ2n) is 7.45. The largest absolute Gasteiger partial charge is 0.508 e. The molecule has 1 heterocycles. The third-order valence-corrected chi connectivity index (χ3v) is 4.82. The van der Waals surface area contributed by atoms with Crippen LogP contribution >= 0.6 is 0 Å². The van der Waals surface area contributed by atoms with Crippen molar-refractivity contribution in [1.29, 1.82) is 0 Å². The van der Waals surface area contributed by atoms with Crippen LogP contribution in [0, 0.1) is 0 Å². The van der Waals surface area contributed by atoms with Gasteiger partial charge in [-0.2, -0.15) is 9.97 Å². The summed E-state index contributed by atoms with van der Waals surface area (Å²) in [6.07, 6.45) is 2.00. The number of carbonyl (C=O) groups is 1. The molecule has 170 valence electrons. The smallest absolute Gasteiger partial charge is 0.335 e. The van der Waals surface area contributed by atoms with E-state index in [4.69, 9.17) is 4.74 Å². The lowest BCUT2D eigenvalue weighted by Gasteiger charge is -2.10. The summed E-state index contributed by atoms with van der Waals surface area (Å²) in [5.74, 6) is 1.76. The Balaban J connectivity index is 1.59. The number of esters is 1. The van der Waals surface area contributed by atoms with Crippen LogP contribution in [0.5, 0.6) is 17.2 Å². The SMILES string of the molecule is C=CC(=O)Oc1ccc(Cc2nc(Cc3ccc(O)cc3)nc(Nc3ccc(O)cc3)n2)cc1. The molecule has 4 rings (SSSR count).